The van der Waals surface area contributed by atoms with Gasteiger partial charge in [-0.05, 0) is 31.0 Å². The fourth-order valence-electron chi connectivity index (χ4n) is 3.54. The summed E-state index contributed by atoms with van der Waals surface area (Å²) in [5.41, 5.74) is 0. The zero-order valence-electron chi connectivity index (χ0n) is 13.3. The molecule has 4 rings (SSSR count). The molecule has 4 heterocycles. The maximum absolute atomic E-state index is 12.6. The van der Waals surface area contributed by atoms with Crippen molar-refractivity contribution in [3.8, 4) is 0 Å². The first kappa shape index (κ1) is 15.1. The fourth-order valence-corrected chi connectivity index (χ4v) is 3.54. The smallest absolute Gasteiger partial charge is 0.225 e. The van der Waals surface area contributed by atoms with Gasteiger partial charge in [0.05, 0.1) is 30.9 Å². The third-order valence-electron chi connectivity index (χ3n) is 4.71. The molecule has 126 valence electrons. The molecule has 2 aliphatic heterocycles. The first-order valence-electron chi connectivity index (χ1n) is 8.26. The first-order valence-corrected chi connectivity index (χ1v) is 8.26. The lowest BCUT2D eigenvalue weighted by Crippen LogP contribution is -2.53. The average Bonchev–Trinajstić information content (AvgIpc) is 3.31. The van der Waals surface area contributed by atoms with Crippen LogP contribution in [0.15, 0.2) is 41.3 Å². The topological polar surface area (TPSA) is 80.5 Å². The Morgan fingerprint density at radius 2 is 2.21 bits per heavy atom. The summed E-state index contributed by atoms with van der Waals surface area (Å²) >= 11 is 0. The van der Waals surface area contributed by atoms with Gasteiger partial charge < -0.3 is 19.4 Å². The Morgan fingerprint density at radius 3 is 3.00 bits per heavy atom. The van der Waals surface area contributed by atoms with E-state index in [0.717, 1.165) is 25.2 Å². The van der Waals surface area contributed by atoms with Crippen LogP contribution in [0.3, 0.4) is 0 Å². The fraction of sp³-hybridized carbons (Fsp3) is 0.471. The van der Waals surface area contributed by atoms with Crippen LogP contribution in [0.2, 0.25) is 0 Å². The summed E-state index contributed by atoms with van der Waals surface area (Å²) in [5, 5.41) is 2.95. The molecule has 2 aliphatic rings. The van der Waals surface area contributed by atoms with Crippen LogP contribution in [-0.2, 0) is 16.1 Å². The average molecular weight is 328 g/mol. The Bertz CT molecular complexity index is 676. The lowest BCUT2D eigenvalue weighted by Gasteiger charge is -2.40. The predicted molar refractivity (Wildman–Crippen MR) is 86.2 cm³/mol. The normalized spacial score (nSPS) is 26.2. The molecule has 1 amide bonds. The molecular formula is C17H20N4O3. The maximum Gasteiger partial charge on any atom is 0.225 e. The van der Waals surface area contributed by atoms with E-state index >= 15 is 0 Å². The second-order valence-electron chi connectivity index (χ2n) is 6.20. The largest absolute Gasteiger partial charge is 0.467 e. The molecule has 0 aliphatic carbocycles. The van der Waals surface area contributed by atoms with Crippen LogP contribution >= 0.6 is 0 Å². The van der Waals surface area contributed by atoms with Crippen molar-refractivity contribution in [3.05, 3.63) is 42.6 Å². The molecule has 0 aromatic carbocycles. The van der Waals surface area contributed by atoms with Crippen LogP contribution in [-0.4, -0.2) is 41.2 Å². The molecule has 0 saturated carbocycles. The minimum atomic E-state index is -0.150. The van der Waals surface area contributed by atoms with Gasteiger partial charge in [-0.25, -0.2) is 9.97 Å². The number of amides is 1. The molecule has 0 bridgehead atoms. The molecule has 0 unspecified atom stereocenters. The molecule has 7 heteroatoms. The number of nitrogens with one attached hydrogen (secondary N) is 1. The summed E-state index contributed by atoms with van der Waals surface area (Å²) in [6, 6.07) is 5.71. The molecule has 2 aromatic rings. The van der Waals surface area contributed by atoms with Gasteiger partial charge in [-0.15, -0.1) is 0 Å². The highest BCUT2D eigenvalue weighted by Gasteiger charge is 2.43. The van der Waals surface area contributed by atoms with Crippen molar-refractivity contribution in [3.63, 3.8) is 0 Å². The zero-order valence-corrected chi connectivity index (χ0v) is 13.3. The van der Waals surface area contributed by atoms with E-state index in [1.807, 2.05) is 12.1 Å². The first-order chi connectivity index (χ1) is 11.8. The van der Waals surface area contributed by atoms with Gasteiger partial charge in [-0.2, -0.15) is 0 Å². The van der Waals surface area contributed by atoms with Gasteiger partial charge in [0.2, 0.25) is 11.9 Å². The molecule has 24 heavy (non-hydrogen) atoms. The SMILES string of the molecule is O=C(NCc1ccco1)[C@H]1C[C@H]2OCC[C@H]2N(c2ncccn2)C1. The van der Waals surface area contributed by atoms with Crippen LogP contribution in [0.4, 0.5) is 5.95 Å². The van der Waals surface area contributed by atoms with E-state index in [2.05, 4.69) is 20.2 Å². The van der Waals surface area contributed by atoms with E-state index in [0.29, 0.717) is 19.0 Å². The van der Waals surface area contributed by atoms with Gasteiger partial charge in [-0.3, -0.25) is 4.79 Å². The standard InChI is InChI=1S/C17H20N4O3/c22-16(20-10-13-3-1-7-23-13)12-9-15-14(4-8-24-15)21(11-12)17-18-5-2-6-19-17/h1-3,5-7,12,14-15H,4,8-11H2,(H,20,22)/t12-,14+,15+/m0/s1. The van der Waals surface area contributed by atoms with E-state index in [4.69, 9.17) is 9.15 Å². The number of nitrogens with zero attached hydrogens (tertiary/aromatic N) is 3. The van der Waals surface area contributed by atoms with E-state index < -0.39 is 0 Å². The highest BCUT2D eigenvalue weighted by molar-refractivity contribution is 5.79. The Kier molecular flexibility index (Phi) is 4.17. The monoisotopic (exact) mass is 328 g/mol. The lowest BCUT2D eigenvalue weighted by molar-refractivity contribution is -0.126. The van der Waals surface area contributed by atoms with E-state index in [-0.39, 0.29) is 24.0 Å². The van der Waals surface area contributed by atoms with Gasteiger partial charge in [0.15, 0.2) is 0 Å². The van der Waals surface area contributed by atoms with Gasteiger partial charge in [0, 0.05) is 25.5 Å². The van der Waals surface area contributed by atoms with E-state index in [1.54, 1.807) is 24.7 Å². The van der Waals surface area contributed by atoms with Crippen molar-refractivity contribution in [1.29, 1.82) is 0 Å². The molecule has 0 spiro atoms. The highest BCUT2D eigenvalue weighted by Crippen LogP contribution is 2.33. The number of furan rings is 1. The van der Waals surface area contributed by atoms with Crippen LogP contribution < -0.4 is 10.2 Å². The Balaban J connectivity index is 1.47. The number of hydrogen-bond acceptors (Lipinski definition) is 6. The quantitative estimate of drug-likeness (QED) is 0.913. The predicted octanol–water partition coefficient (Wildman–Crippen LogP) is 1.37. The van der Waals surface area contributed by atoms with Gasteiger partial charge >= 0.3 is 0 Å². The number of piperidine rings is 1. The van der Waals surface area contributed by atoms with Crippen LogP contribution in [0.25, 0.3) is 0 Å². The summed E-state index contributed by atoms with van der Waals surface area (Å²) in [4.78, 5) is 23.4. The molecule has 2 fully saturated rings. The maximum atomic E-state index is 12.6. The molecule has 7 nitrogen and oxygen atoms in total. The molecule has 1 N–H and O–H groups in total. The minimum Gasteiger partial charge on any atom is -0.467 e. The Morgan fingerprint density at radius 1 is 1.33 bits per heavy atom. The number of aromatic nitrogens is 2. The van der Waals surface area contributed by atoms with Gasteiger partial charge in [0.25, 0.3) is 0 Å². The molecular weight excluding hydrogens is 308 g/mol. The van der Waals surface area contributed by atoms with Gasteiger partial charge in [0.1, 0.15) is 5.76 Å². The summed E-state index contributed by atoms with van der Waals surface area (Å²) in [7, 11) is 0. The van der Waals surface area contributed by atoms with E-state index in [1.165, 1.54) is 0 Å². The number of hydrogen-bond donors (Lipinski definition) is 1. The molecule has 2 aromatic heterocycles. The second-order valence-corrected chi connectivity index (χ2v) is 6.20. The number of carbonyl (C=O) groups excluding carboxylic acids is 1. The van der Waals surface area contributed by atoms with Crippen molar-refractivity contribution in [2.24, 2.45) is 5.92 Å². The summed E-state index contributed by atoms with van der Waals surface area (Å²) in [6.07, 6.45) is 6.80. The number of rotatable bonds is 4. The molecule has 0 radical (unpaired) electrons. The Labute approximate surface area is 140 Å². The number of fused-ring (bicyclic) bond motifs is 1. The number of ether oxygens (including phenoxy) is 1. The molecule has 3 atom stereocenters. The van der Waals surface area contributed by atoms with Crippen molar-refractivity contribution >= 4 is 11.9 Å². The van der Waals surface area contributed by atoms with Crippen molar-refractivity contribution in [2.75, 3.05) is 18.1 Å². The molecule has 2 saturated heterocycles. The van der Waals surface area contributed by atoms with Crippen LogP contribution in [0.1, 0.15) is 18.6 Å². The van der Waals surface area contributed by atoms with Crippen molar-refractivity contribution in [1.82, 2.24) is 15.3 Å². The second kappa shape index (κ2) is 6.60. The Hall–Kier alpha value is -2.41. The summed E-state index contributed by atoms with van der Waals surface area (Å²) in [5.74, 6) is 1.28. The van der Waals surface area contributed by atoms with Gasteiger partial charge in [-0.1, -0.05) is 0 Å². The minimum absolute atomic E-state index is 0.0151. The summed E-state index contributed by atoms with van der Waals surface area (Å²) in [6.45, 7) is 1.73. The van der Waals surface area contributed by atoms with E-state index in [9.17, 15) is 4.79 Å². The van der Waals surface area contributed by atoms with Crippen LogP contribution in [0.5, 0.6) is 0 Å². The third-order valence-corrected chi connectivity index (χ3v) is 4.71. The van der Waals surface area contributed by atoms with Crippen molar-refractivity contribution in [2.45, 2.75) is 31.5 Å². The van der Waals surface area contributed by atoms with Crippen molar-refractivity contribution < 1.29 is 13.9 Å². The highest BCUT2D eigenvalue weighted by atomic mass is 16.5. The van der Waals surface area contributed by atoms with Crippen LogP contribution in [0, 0.1) is 5.92 Å². The number of anilines is 1. The lowest BCUT2D eigenvalue weighted by atomic mass is 9.89. The zero-order chi connectivity index (χ0) is 16.4. The number of carbonyl (C=O) groups is 1. The third kappa shape index (κ3) is 2.99. The summed E-state index contributed by atoms with van der Waals surface area (Å²) < 4.78 is 11.1.